The number of hydrogen-bond donors (Lipinski definition) is 0. The van der Waals surface area contributed by atoms with Crippen LogP contribution in [0.1, 0.15) is 21.5 Å². The third-order valence-electron chi connectivity index (χ3n) is 2.52. The number of esters is 1. The van der Waals surface area contributed by atoms with Crippen molar-refractivity contribution >= 4 is 18.1 Å². The molecule has 2 rings (SSSR count). The summed E-state index contributed by atoms with van der Waals surface area (Å²) in [7, 11) is 1.36. The molecule has 0 unspecified atom stereocenters. The van der Waals surface area contributed by atoms with E-state index in [1.807, 2.05) is 42.5 Å². The molecule has 0 aliphatic carbocycles. The monoisotopic (exact) mass is 239 g/mol. The lowest BCUT2D eigenvalue weighted by molar-refractivity contribution is 0.0600. The summed E-state index contributed by atoms with van der Waals surface area (Å²) in [6, 6.07) is 11.7. The fraction of sp³-hybridized carbons (Fsp3) is 0.0667. The average Bonchev–Trinajstić information content (AvgIpc) is 2.45. The minimum Gasteiger partial charge on any atom is -0.465 e. The van der Waals surface area contributed by atoms with Gasteiger partial charge in [-0.25, -0.2) is 4.79 Å². The zero-order chi connectivity index (χ0) is 12.8. The van der Waals surface area contributed by atoms with E-state index in [4.69, 9.17) is 4.74 Å². The number of ether oxygens (including phenoxy) is 1. The Morgan fingerprint density at radius 1 is 1.17 bits per heavy atom. The van der Waals surface area contributed by atoms with Gasteiger partial charge in [0.05, 0.1) is 12.7 Å². The predicted octanol–water partition coefficient (Wildman–Crippen LogP) is 3.04. The topological polar surface area (TPSA) is 39.2 Å². The van der Waals surface area contributed by atoms with E-state index < -0.39 is 0 Å². The van der Waals surface area contributed by atoms with Crippen LogP contribution in [0.5, 0.6) is 0 Å². The second kappa shape index (κ2) is 5.77. The van der Waals surface area contributed by atoms with Crippen LogP contribution in [0.15, 0.2) is 48.8 Å². The van der Waals surface area contributed by atoms with Crippen molar-refractivity contribution in [2.75, 3.05) is 7.11 Å². The Kier molecular flexibility index (Phi) is 3.86. The molecule has 90 valence electrons. The number of pyridine rings is 1. The second-order valence-electron chi connectivity index (χ2n) is 3.70. The zero-order valence-electron chi connectivity index (χ0n) is 10.0. The van der Waals surface area contributed by atoms with E-state index in [1.165, 1.54) is 13.3 Å². The molecule has 0 fully saturated rings. The molecule has 0 spiro atoms. The minimum atomic E-state index is -0.379. The summed E-state index contributed by atoms with van der Waals surface area (Å²) < 4.78 is 4.72. The van der Waals surface area contributed by atoms with Crippen molar-refractivity contribution < 1.29 is 9.53 Å². The molecule has 0 saturated carbocycles. The Bertz CT molecular complexity index is 562. The quantitative estimate of drug-likeness (QED) is 0.773. The van der Waals surface area contributed by atoms with Gasteiger partial charge in [0.1, 0.15) is 0 Å². The van der Waals surface area contributed by atoms with Gasteiger partial charge in [-0.2, -0.15) is 0 Å². The number of carbonyl (C=O) groups is 1. The van der Waals surface area contributed by atoms with Gasteiger partial charge >= 0.3 is 5.97 Å². The Morgan fingerprint density at radius 2 is 1.94 bits per heavy atom. The summed E-state index contributed by atoms with van der Waals surface area (Å²) in [6.45, 7) is 0. The van der Waals surface area contributed by atoms with Crippen LogP contribution in [-0.4, -0.2) is 18.1 Å². The molecule has 0 radical (unpaired) electrons. The van der Waals surface area contributed by atoms with Crippen LogP contribution >= 0.6 is 0 Å². The number of benzene rings is 1. The van der Waals surface area contributed by atoms with Crippen LogP contribution in [0.2, 0.25) is 0 Å². The van der Waals surface area contributed by atoms with Crippen molar-refractivity contribution in [1.29, 1.82) is 0 Å². The number of hydrogen-bond acceptors (Lipinski definition) is 3. The number of carbonyl (C=O) groups excluding carboxylic acids is 1. The summed E-state index contributed by atoms with van der Waals surface area (Å²) in [5.41, 5.74) is 2.33. The molecule has 3 heteroatoms. The van der Waals surface area contributed by atoms with Gasteiger partial charge in [0.2, 0.25) is 0 Å². The Balaban J connectivity index is 2.29. The van der Waals surface area contributed by atoms with Crippen molar-refractivity contribution in [2.45, 2.75) is 0 Å². The predicted molar refractivity (Wildman–Crippen MR) is 70.9 cm³/mol. The Hall–Kier alpha value is -2.42. The van der Waals surface area contributed by atoms with Gasteiger partial charge < -0.3 is 4.74 Å². The first-order valence-electron chi connectivity index (χ1n) is 5.56. The number of aromatic nitrogens is 1. The number of rotatable bonds is 3. The van der Waals surface area contributed by atoms with Crippen LogP contribution in [0, 0.1) is 0 Å². The molecule has 0 amide bonds. The lowest BCUT2D eigenvalue weighted by atomic mass is 10.1. The van der Waals surface area contributed by atoms with E-state index in [-0.39, 0.29) is 5.97 Å². The third kappa shape index (κ3) is 2.83. The van der Waals surface area contributed by atoms with E-state index >= 15 is 0 Å². The molecule has 0 atom stereocenters. The second-order valence-corrected chi connectivity index (χ2v) is 3.70. The molecule has 1 aromatic heterocycles. The average molecular weight is 239 g/mol. The van der Waals surface area contributed by atoms with Crippen molar-refractivity contribution in [3.8, 4) is 0 Å². The highest BCUT2D eigenvalue weighted by atomic mass is 16.5. The Labute approximate surface area is 106 Å². The van der Waals surface area contributed by atoms with E-state index in [2.05, 4.69) is 4.98 Å². The fourth-order valence-corrected chi connectivity index (χ4v) is 1.58. The van der Waals surface area contributed by atoms with Crippen LogP contribution < -0.4 is 0 Å². The smallest absolute Gasteiger partial charge is 0.340 e. The first kappa shape index (κ1) is 12.0. The van der Waals surface area contributed by atoms with Crippen LogP contribution in [-0.2, 0) is 4.74 Å². The summed E-state index contributed by atoms with van der Waals surface area (Å²) >= 11 is 0. The summed E-state index contributed by atoms with van der Waals surface area (Å²) in [5, 5.41) is 0. The lowest BCUT2D eigenvalue weighted by Crippen LogP contribution is -2.03. The molecule has 18 heavy (non-hydrogen) atoms. The maximum absolute atomic E-state index is 11.5. The van der Waals surface area contributed by atoms with Gasteiger partial charge in [-0.15, -0.1) is 0 Å². The van der Waals surface area contributed by atoms with Crippen LogP contribution in [0.25, 0.3) is 12.2 Å². The van der Waals surface area contributed by atoms with E-state index in [1.54, 1.807) is 12.3 Å². The summed E-state index contributed by atoms with van der Waals surface area (Å²) in [4.78, 5) is 15.5. The van der Waals surface area contributed by atoms with E-state index in [0.29, 0.717) is 5.56 Å². The third-order valence-corrected chi connectivity index (χ3v) is 2.52. The fourth-order valence-electron chi connectivity index (χ4n) is 1.58. The molecule has 1 aromatic carbocycles. The largest absolute Gasteiger partial charge is 0.465 e. The molecule has 0 bridgehead atoms. The minimum absolute atomic E-state index is 0.379. The zero-order valence-corrected chi connectivity index (χ0v) is 10.0. The maximum Gasteiger partial charge on any atom is 0.340 e. The highest BCUT2D eigenvalue weighted by molar-refractivity contribution is 5.94. The van der Waals surface area contributed by atoms with Gasteiger partial charge in [-0.05, 0) is 17.2 Å². The molecule has 1 heterocycles. The van der Waals surface area contributed by atoms with Gasteiger partial charge in [-0.3, -0.25) is 4.98 Å². The first-order chi connectivity index (χ1) is 8.81. The van der Waals surface area contributed by atoms with E-state index in [0.717, 1.165) is 11.1 Å². The van der Waals surface area contributed by atoms with Crippen molar-refractivity contribution in [3.63, 3.8) is 0 Å². The van der Waals surface area contributed by atoms with Gasteiger partial charge in [0.15, 0.2) is 0 Å². The highest BCUT2D eigenvalue weighted by Gasteiger charge is 2.09. The van der Waals surface area contributed by atoms with Gasteiger partial charge in [-0.1, -0.05) is 42.5 Å². The van der Waals surface area contributed by atoms with Gasteiger partial charge in [0, 0.05) is 12.4 Å². The molecule has 0 N–H and O–H groups in total. The summed E-state index contributed by atoms with van der Waals surface area (Å²) in [6.07, 6.45) is 6.98. The van der Waals surface area contributed by atoms with Crippen molar-refractivity contribution in [3.05, 3.63) is 65.5 Å². The standard InChI is InChI=1S/C15H13NO2/c1-18-15(17)14-11-16-10-9-13(14)8-7-12-5-3-2-4-6-12/h2-11H,1H3/b8-7+. The van der Waals surface area contributed by atoms with Crippen LogP contribution in [0.4, 0.5) is 0 Å². The van der Waals surface area contributed by atoms with Crippen molar-refractivity contribution in [1.82, 2.24) is 4.98 Å². The molecular formula is C15H13NO2. The lowest BCUT2D eigenvalue weighted by Gasteiger charge is -2.02. The molecule has 0 aliphatic rings. The van der Waals surface area contributed by atoms with Gasteiger partial charge in [0.25, 0.3) is 0 Å². The molecule has 3 nitrogen and oxygen atoms in total. The SMILES string of the molecule is COC(=O)c1cnccc1/C=C/c1ccccc1. The van der Waals surface area contributed by atoms with E-state index in [9.17, 15) is 4.79 Å². The Morgan fingerprint density at radius 3 is 2.67 bits per heavy atom. The molecule has 0 saturated heterocycles. The van der Waals surface area contributed by atoms with Crippen LogP contribution in [0.3, 0.4) is 0 Å². The molecule has 0 aliphatic heterocycles. The number of nitrogens with zero attached hydrogens (tertiary/aromatic N) is 1. The normalized spacial score (nSPS) is 10.5. The highest BCUT2D eigenvalue weighted by Crippen LogP contribution is 2.13. The maximum atomic E-state index is 11.5. The first-order valence-corrected chi connectivity index (χ1v) is 5.56. The number of methoxy groups -OCH3 is 1. The summed E-state index contributed by atoms with van der Waals surface area (Å²) in [5.74, 6) is -0.379. The van der Waals surface area contributed by atoms with Crippen molar-refractivity contribution in [2.24, 2.45) is 0 Å². The molecule has 2 aromatic rings. The molecular weight excluding hydrogens is 226 g/mol.